The monoisotopic (exact) mass is 298 g/mol. The first-order valence-corrected chi connectivity index (χ1v) is 6.98. The molecule has 1 aliphatic heterocycles. The standard InChI is InChI=1S/C15H20F2N2O2/c1-15(10-18)6-8-19(9-7-15)13(20)11-4-2-3-5-12(11)21-14(16)17/h2-5,14H,6-10,18H2,1H3. The Bertz CT molecular complexity index is 500. The second kappa shape index (κ2) is 6.39. The van der Waals surface area contributed by atoms with E-state index in [-0.39, 0.29) is 22.6 Å². The van der Waals surface area contributed by atoms with Crippen LogP contribution < -0.4 is 10.5 Å². The average molecular weight is 298 g/mol. The van der Waals surface area contributed by atoms with Crippen molar-refractivity contribution in [3.8, 4) is 5.75 Å². The summed E-state index contributed by atoms with van der Waals surface area (Å²) in [6.45, 7) is 0.897. The molecule has 2 N–H and O–H groups in total. The maximum absolute atomic E-state index is 12.5. The number of alkyl halides is 2. The number of nitrogens with two attached hydrogens (primary N) is 1. The third-order valence-corrected chi connectivity index (χ3v) is 4.08. The van der Waals surface area contributed by atoms with Crippen LogP contribution in [0, 0.1) is 5.41 Å². The van der Waals surface area contributed by atoms with Gasteiger partial charge >= 0.3 is 6.61 Å². The van der Waals surface area contributed by atoms with E-state index in [9.17, 15) is 13.6 Å². The molecular weight excluding hydrogens is 278 g/mol. The van der Waals surface area contributed by atoms with Crippen molar-refractivity contribution in [2.75, 3.05) is 19.6 Å². The van der Waals surface area contributed by atoms with Crippen LogP contribution in [0.1, 0.15) is 30.1 Å². The van der Waals surface area contributed by atoms with Gasteiger partial charge in [0.25, 0.3) is 5.91 Å². The fourth-order valence-electron chi connectivity index (χ4n) is 2.47. The number of amides is 1. The molecule has 2 rings (SSSR count). The second-order valence-electron chi connectivity index (χ2n) is 5.68. The number of para-hydroxylation sites is 1. The lowest BCUT2D eigenvalue weighted by Crippen LogP contribution is -2.44. The van der Waals surface area contributed by atoms with E-state index in [0.29, 0.717) is 19.6 Å². The van der Waals surface area contributed by atoms with Gasteiger partial charge < -0.3 is 15.4 Å². The molecule has 1 aliphatic rings. The van der Waals surface area contributed by atoms with Gasteiger partial charge in [-0.1, -0.05) is 19.1 Å². The lowest BCUT2D eigenvalue weighted by molar-refractivity contribution is -0.0503. The number of likely N-dealkylation sites (tertiary alicyclic amines) is 1. The minimum Gasteiger partial charge on any atom is -0.434 e. The summed E-state index contributed by atoms with van der Waals surface area (Å²) in [6, 6.07) is 6.10. The maximum Gasteiger partial charge on any atom is 0.387 e. The smallest absolute Gasteiger partial charge is 0.387 e. The van der Waals surface area contributed by atoms with Crippen LogP contribution in [0.3, 0.4) is 0 Å². The van der Waals surface area contributed by atoms with E-state index in [2.05, 4.69) is 11.7 Å². The Morgan fingerprint density at radius 1 is 1.38 bits per heavy atom. The van der Waals surface area contributed by atoms with E-state index < -0.39 is 6.61 Å². The van der Waals surface area contributed by atoms with Crippen molar-refractivity contribution in [1.82, 2.24) is 4.90 Å². The first-order chi connectivity index (χ1) is 9.95. The Morgan fingerprint density at radius 2 is 2.00 bits per heavy atom. The van der Waals surface area contributed by atoms with Crippen LogP contribution in [-0.4, -0.2) is 37.1 Å². The lowest BCUT2D eigenvalue weighted by atomic mass is 9.80. The fourth-order valence-corrected chi connectivity index (χ4v) is 2.47. The van der Waals surface area contributed by atoms with Gasteiger partial charge in [-0.2, -0.15) is 8.78 Å². The molecule has 4 nitrogen and oxygen atoms in total. The van der Waals surface area contributed by atoms with Crippen LogP contribution in [0.5, 0.6) is 5.75 Å². The first kappa shape index (κ1) is 15.7. The van der Waals surface area contributed by atoms with Crippen LogP contribution in [0.4, 0.5) is 8.78 Å². The van der Waals surface area contributed by atoms with Crippen molar-refractivity contribution in [1.29, 1.82) is 0 Å². The number of carbonyl (C=O) groups is 1. The average Bonchev–Trinajstić information content (AvgIpc) is 2.47. The molecule has 1 heterocycles. The molecule has 6 heteroatoms. The molecule has 116 valence electrons. The summed E-state index contributed by atoms with van der Waals surface area (Å²) in [5, 5.41) is 0. The zero-order valence-corrected chi connectivity index (χ0v) is 12.0. The molecule has 1 saturated heterocycles. The second-order valence-corrected chi connectivity index (χ2v) is 5.68. The number of halogens is 2. The summed E-state index contributed by atoms with van der Waals surface area (Å²) in [4.78, 5) is 14.1. The topological polar surface area (TPSA) is 55.6 Å². The van der Waals surface area contributed by atoms with Gasteiger partial charge in [0, 0.05) is 13.1 Å². The zero-order chi connectivity index (χ0) is 15.5. The quantitative estimate of drug-likeness (QED) is 0.929. The lowest BCUT2D eigenvalue weighted by Gasteiger charge is -2.38. The Hall–Kier alpha value is -1.69. The molecule has 0 saturated carbocycles. The number of rotatable bonds is 4. The van der Waals surface area contributed by atoms with Crippen LogP contribution in [-0.2, 0) is 0 Å². The van der Waals surface area contributed by atoms with Crippen molar-refractivity contribution < 1.29 is 18.3 Å². The SMILES string of the molecule is CC1(CN)CCN(C(=O)c2ccccc2OC(F)F)CC1. The molecule has 0 aromatic heterocycles. The molecule has 1 aromatic carbocycles. The summed E-state index contributed by atoms with van der Waals surface area (Å²) >= 11 is 0. The maximum atomic E-state index is 12.5. The molecule has 0 spiro atoms. The largest absolute Gasteiger partial charge is 0.434 e. The molecule has 0 bridgehead atoms. The van der Waals surface area contributed by atoms with Crippen molar-refractivity contribution >= 4 is 5.91 Å². The number of hydrogen-bond acceptors (Lipinski definition) is 3. The van der Waals surface area contributed by atoms with Gasteiger partial charge in [0.05, 0.1) is 5.56 Å². The van der Waals surface area contributed by atoms with Gasteiger partial charge in [-0.3, -0.25) is 4.79 Å². The van der Waals surface area contributed by atoms with E-state index in [4.69, 9.17) is 5.73 Å². The Labute approximate surface area is 122 Å². The van der Waals surface area contributed by atoms with Gasteiger partial charge in [-0.15, -0.1) is 0 Å². The predicted molar refractivity (Wildman–Crippen MR) is 75.4 cm³/mol. The molecule has 0 atom stereocenters. The number of hydrogen-bond donors (Lipinski definition) is 1. The summed E-state index contributed by atoms with van der Waals surface area (Å²) < 4.78 is 29.2. The van der Waals surface area contributed by atoms with Gasteiger partial charge in [0.2, 0.25) is 0 Å². The number of benzene rings is 1. The van der Waals surface area contributed by atoms with Gasteiger partial charge in [-0.25, -0.2) is 0 Å². The molecule has 1 fully saturated rings. The third kappa shape index (κ3) is 3.69. The van der Waals surface area contributed by atoms with Crippen LogP contribution in [0.15, 0.2) is 24.3 Å². The van der Waals surface area contributed by atoms with Crippen LogP contribution in [0.2, 0.25) is 0 Å². The van der Waals surface area contributed by atoms with E-state index >= 15 is 0 Å². The molecular formula is C15H20F2N2O2. The van der Waals surface area contributed by atoms with E-state index in [0.717, 1.165) is 12.8 Å². The normalized spacial score (nSPS) is 17.9. The zero-order valence-electron chi connectivity index (χ0n) is 12.0. The van der Waals surface area contributed by atoms with Crippen molar-refractivity contribution in [2.45, 2.75) is 26.4 Å². The summed E-state index contributed by atoms with van der Waals surface area (Å²) in [7, 11) is 0. The van der Waals surface area contributed by atoms with Gasteiger partial charge in [0.15, 0.2) is 0 Å². The van der Waals surface area contributed by atoms with Crippen molar-refractivity contribution in [3.63, 3.8) is 0 Å². The number of ether oxygens (including phenoxy) is 1. The van der Waals surface area contributed by atoms with Crippen LogP contribution in [0.25, 0.3) is 0 Å². The van der Waals surface area contributed by atoms with E-state index in [1.54, 1.807) is 17.0 Å². The Balaban J connectivity index is 2.11. The third-order valence-electron chi connectivity index (χ3n) is 4.08. The molecule has 0 radical (unpaired) electrons. The Kier molecular flexibility index (Phi) is 4.77. The van der Waals surface area contributed by atoms with E-state index in [1.165, 1.54) is 12.1 Å². The Morgan fingerprint density at radius 3 is 2.57 bits per heavy atom. The number of nitrogens with zero attached hydrogens (tertiary/aromatic N) is 1. The molecule has 1 aromatic rings. The summed E-state index contributed by atoms with van der Waals surface area (Å²) in [5.74, 6) is -0.352. The highest BCUT2D eigenvalue weighted by Gasteiger charge is 2.31. The van der Waals surface area contributed by atoms with Gasteiger partial charge in [0.1, 0.15) is 5.75 Å². The van der Waals surface area contributed by atoms with Crippen molar-refractivity contribution in [2.24, 2.45) is 11.1 Å². The van der Waals surface area contributed by atoms with Crippen molar-refractivity contribution in [3.05, 3.63) is 29.8 Å². The highest BCUT2D eigenvalue weighted by Crippen LogP contribution is 2.31. The fraction of sp³-hybridized carbons (Fsp3) is 0.533. The minimum absolute atomic E-state index is 0.0514. The molecule has 0 unspecified atom stereocenters. The summed E-state index contributed by atoms with van der Waals surface area (Å²) in [5.41, 5.74) is 5.97. The predicted octanol–water partition coefficient (Wildman–Crippen LogP) is 2.49. The summed E-state index contributed by atoms with van der Waals surface area (Å²) in [6.07, 6.45) is 1.63. The molecule has 21 heavy (non-hydrogen) atoms. The van der Waals surface area contributed by atoms with Gasteiger partial charge in [-0.05, 0) is 36.9 Å². The van der Waals surface area contributed by atoms with E-state index in [1.807, 2.05) is 0 Å². The molecule has 0 aliphatic carbocycles. The highest BCUT2D eigenvalue weighted by molar-refractivity contribution is 5.97. The highest BCUT2D eigenvalue weighted by atomic mass is 19.3. The number of piperidine rings is 1. The number of carbonyl (C=O) groups excluding carboxylic acids is 1. The van der Waals surface area contributed by atoms with Crippen LogP contribution >= 0.6 is 0 Å². The molecule has 1 amide bonds. The first-order valence-electron chi connectivity index (χ1n) is 6.98. The minimum atomic E-state index is -2.94.